The van der Waals surface area contributed by atoms with Crippen LogP contribution in [-0.4, -0.2) is 45.9 Å². The van der Waals surface area contributed by atoms with E-state index in [0.29, 0.717) is 12.0 Å². The molecule has 6 rings (SSSR count). The van der Waals surface area contributed by atoms with Crippen LogP contribution in [0.1, 0.15) is 52.9 Å². The molecular formula is C39H39ClN2O3. The third kappa shape index (κ3) is 7.44. The summed E-state index contributed by atoms with van der Waals surface area (Å²) in [6, 6.07) is 40.1. The summed E-state index contributed by atoms with van der Waals surface area (Å²) in [7, 11) is 0. The molecule has 0 aliphatic carbocycles. The molecule has 230 valence electrons. The number of aromatic carboxylic acids is 1. The fourth-order valence-electron chi connectivity index (χ4n) is 6.60. The summed E-state index contributed by atoms with van der Waals surface area (Å²) < 4.78 is 0. The van der Waals surface area contributed by atoms with Crippen LogP contribution in [0.2, 0.25) is 0 Å². The van der Waals surface area contributed by atoms with Crippen LogP contribution in [0.25, 0.3) is 21.9 Å². The summed E-state index contributed by atoms with van der Waals surface area (Å²) in [5.41, 5.74) is 5.11. The number of rotatable bonds is 9. The molecule has 5 aromatic carbocycles. The smallest absolute Gasteiger partial charge is 0.336 e. The minimum atomic E-state index is -0.950. The first-order chi connectivity index (χ1) is 21.5. The molecule has 1 saturated heterocycles. The van der Waals surface area contributed by atoms with E-state index in [2.05, 4.69) is 77.4 Å². The molecule has 5 aromatic rings. The maximum atomic E-state index is 14.3. The lowest BCUT2D eigenvalue weighted by atomic mass is 9.93. The third-order valence-corrected chi connectivity index (χ3v) is 8.91. The molecule has 45 heavy (non-hydrogen) atoms. The number of benzene rings is 5. The molecule has 1 aliphatic heterocycles. The van der Waals surface area contributed by atoms with Gasteiger partial charge in [0.1, 0.15) is 0 Å². The summed E-state index contributed by atoms with van der Waals surface area (Å²) in [5.74, 6) is -0.834. The fraction of sp³-hybridized carbons (Fsp3) is 0.231. The van der Waals surface area contributed by atoms with E-state index in [1.807, 2.05) is 48.5 Å². The van der Waals surface area contributed by atoms with E-state index >= 15 is 0 Å². The highest BCUT2D eigenvalue weighted by Gasteiger charge is 2.32. The number of carboxylic acids is 1. The van der Waals surface area contributed by atoms with Gasteiger partial charge < -0.3 is 10.0 Å². The largest absolute Gasteiger partial charge is 0.478 e. The molecule has 0 bridgehead atoms. The molecule has 5 nitrogen and oxygen atoms in total. The number of nitrogens with zero attached hydrogens (tertiary/aromatic N) is 2. The van der Waals surface area contributed by atoms with Crippen molar-refractivity contribution in [3.05, 3.63) is 144 Å². The van der Waals surface area contributed by atoms with Crippen molar-refractivity contribution in [2.75, 3.05) is 13.1 Å². The van der Waals surface area contributed by atoms with Crippen LogP contribution in [0.15, 0.2) is 121 Å². The molecule has 1 aliphatic rings. The van der Waals surface area contributed by atoms with Crippen molar-refractivity contribution in [3.63, 3.8) is 0 Å². The average molecular weight is 619 g/mol. The zero-order valence-corrected chi connectivity index (χ0v) is 26.3. The van der Waals surface area contributed by atoms with Gasteiger partial charge in [-0.25, -0.2) is 4.79 Å². The highest BCUT2D eigenvalue weighted by atomic mass is 35.5. The predicted molar refractivity (Wildman–Crippen MR) is 184 cm³/mol. The Kier molecular flexibility index (Phi) is 10.3. The van der Waals surface area contributed by atoms with Gasteiger partial charge in [-0.15, -0.1) is 12.4 Å². The van der Waals surface area contributed by atoms with Gasteiger partial charge in [0.25, 0.3) is 0 Å². The van der Waals surface area contributed by atoms with Gasteiger partial charge >= 0.3 is 5.97 Å². The van der Waals surface area contributed by atoms with Gasteiger partial charge in [0.15, 0.2) is 0 Å². The van der Waals surface area contributed by atoms with Gasteiger partial charge in [0.2, 0.25) is 5.91 Å². The van der Waals surface area contributed by atoms with Crippen molar-refractivity contribution in [3.8, 4) is 11.1 Å². The van der Waals surface area contributed by atoms with Gasteiger partial charge in [-0.3, -0.25) is 9.69 Å². The number of hydrogen-bond acceptors (Lipinski definition) is 3. The summed E-state index contributed by atoms with van der Waals surface area (Å²) in [4.78, 5) is 30.8. The third-order valence-electron chi connectivity index (χ3n) is 8.91. The normalized spacial score (nSPS) is 14.4. The quantitative estimate of drug-likeness (QED) is 0.180. The molecule has 0 aromatic heterocycles. The second-order valence-electron chi connectivity index (χ2n) is 11.8. The monoisotopic (exact) mass is 618 g/mol. The first-order valence-electron chi connectivity index (χ1n) is 15.4. The van der Waals surface area contributed by atoms with Gasteiger partial charge in [-0.2, -0.15) is 0 Å². The van der Waals surface area contributed by atoms with Gasteiger partial charge in [-0.05, 0) is 70.5 Å². The van der Waals surface area contributed by atoms with Crippen LogP contribution in [-0.2, 0) is 17.8 Å². The molecule has 1 unspecified atom stereocenters. The molecule has 1 amide bonds. The number of carbonyl (C=O) groups excluding carboxylic acids is 1. The molecule has 1 heterocycles. The summed E-state index contributed by atoms with van der Waals surface area (Å²) in [5, 5.41) is 12.1. The molecular weight excluding hydrogens is 580 g/mol. The number of likely N-dealkylation sites (tertiary alicyclic amines) is 1. The second kappa shape index (κ2) is 14.6. The molecule has 6 heteroatoms. The molecule has 1 N–H and O–H groups in total. The lowest BCUT2D eigenvalue weighted by Gasteiger charge is -2.42. The van der Waals surface area contributed by atoms with Crippen molar-refractivity contribution in [2.24, 2.45) is 0 Å². The number of halogens is 1. The summed E-state index contributed by atoms with van der Waals surface area (Å²) >= 11 is 0. The van der Waals surface area contributed by atoms with Crippen molar-refractivity contribution < 1.29 is 14.7 Å². The van der Waals surface area contributed by atoms with E-state index in [-0.39, 0.29) is 36.0 Å². The van der Waals surface area contributed by atoms with Crippen molar-refractivity contribution >= 4 is 35.1 Å². The van der Waals surface area contributed by atoms with Gasteiger partial charge in [0, 0.05) is 25.7 Å². The minimum Gasteiger partial charge on any atom is -0.478 e. The minimum absolute atomic E-state index is 0. The zero-order valence-electron chi connectivity index (χ0n) is 25.5. The summed E-state index contributed by atoms with van der Waals surface area (Å²) in [6.45, 7) is 4.88. The topological polar surface area (TPSA) is 60.9 Å². The Morgan fingerprint density at radius 3 is 2.22 bits per heavy atom. The van der Waals surface area contributed by atoms with Crippen LogP contribution in [0, 0.1) is 0 Å². The number of fused-ring (bicyclic) bond motifs is 1. The van der Waals surface area contributed by atoms with Crippen LogP contribution >= 0.6 is 12.4 Å². The Morgan fingerprint density at radius 1 is 0.778 bits per heavy atom. The molecule has 1 fully saturated rings. The van der Waals surface area contributed by atoms with Crippen molar-refractivity contribution in [1.82, 2.24) is 9.80 Å². The van der Waals surface area contributed by atoms with E-state index in [0.717, 1.165) is 59.9 Å². The zero-order chi connectivity index (χ0) is 30.5. The van der Waals surface area contributed by atoms with E-state index in [4.69, 9.17) is 0 Å². The number of piperidine rings is 1. The molecule has 1 atom stereocenters. The first kappa shape index (κ1) is 32.0. The standard InChI is InChI=1S/C39H38N2O3.ClH/c1-28(32-14-9-15-34(26-32)36-16-7-8-17-37(36)39(43)44)41(35-20-22-40(23-21-35)27-29-10-3-2-4-11-29)38(42)25-30-18-19-31-12-5-6-13-33(31)24-30;/h2-19,24,26,28,35H,20-23,25,27H2,1H3,(H,43,44);1H. The Hall–Kier alpha value is -4.45. The van der Waals surface area contributed by atoms with Crippen LogP contribution in [0.3, 0.4) is 0 Å². The number of amides is 1. The molecule has 0 radical (unpaired) electrons. The van der Waals surface area contributed by atoms with Crippen LogP contribution in [0.4, 0.5) is 0 Å². The number of carboxylic acid groups (broad SMARTS) is 1. The number of carbonyl (C=O) groups is 2. The Labute approximate surface area is 271 Å². The lowest BCUT2D eigenvalue weighted by Crippen LogP contribution is -2.48. The first-order valence-corrected chi connectivity index (χ1v) is 15.4. The van der Waals surface area contributed by atoms with Crippen molar-refractivity contribution in [1.29, 1.82) is 0 Å². The Morgan fingerprint density at radius 2 is 1.47 bits per heavy atom. The average Bonchev–Trinajstić information content (AvgIpc) is 3.06. The Bertz CT molecular complexity index is 1770. The van der Waals surface area contributed by atoms with Crippen molar-refractivity contribution in [2.45, 2.75) is 44.8 Å². The maximum Gasteiger partial charge on any atom is 0.336 e. The second-order valence-corrected chi connectivity index (χ2v) is 11.8. The highest BCUT2D eigenvalue weighted by Crippen LogP contribution is 2.32. The highest BCUT2D eigenvalue weighted by molar-refractivity contribution is 5.96. The van der Waals surface area contributed by atoms with E-state index in [9.17, 15) is 14.7 Å². The van der Waals surface area contributed by atoms with E-state index in [1.54, 1.807) is 12.1 Å². The fourth-order valence-corrected chi connectivity index (χ4v) is 6.60. The van der Waals surface area contributed by atoms with E-state index in [1.165, 1.54) is 5.56 Å². The van der Waals surface area contributed by atoms with Crippen LogP contribution in [0.5, 0.6) is 0 Å². The summed E-state index contributed by atoms with van der Waals surface area (Å²) in [6.07, 6.45) is 2.14. The number of hydrogen-bond donors (Lipinski definition) is 1. The van der Waals surface area contributed by atoms with E-state index < -0.39 is 5.97 Å². The van der Waals surface area contributed by atoms with Gasteiger partial charge in [-0.1, -0.05) is 109 Å². The van der Waals surface area contributed by atoms with Gasteiger partial charge in [0.05, 0.1) is 18.0 Å². The molecule has 0 spiro atoms. The maximum absolute atomic E-state index is 14.3. The Balaban J connectivity index is 0.00000400. The molecule has 0 saturated carbocycles. The predicted octanol–water partition coefficient (Wildman–Crippen LogP) is 8.42. The van der Waals surface area contributed by atoms with Crippen LogP contribution < -0.4 is 0 Å². The lowest BCUT2D eigenvalue weighted by molar-refractivity contribution is -0.136. The SMILES string of the molecule is CC(c1cccc(-c2ccccc2C(=O)O)c1)N(C(=O)Cc1ccc2ccccc2c1)C1CCN(Cc2ccccc2)CC1.Cl.